The number of carbonyl (C=O) groups excluding carboxylic acids is 2. The Kier molecular flexibility index (Phi) is 9.25. The molecule has 0 aromatic heterocycles. The van der Waals surface area contributed by atoms with Gasteiger partial charge in [0.05, 0.1) is 18.2 Å². The van der Waals surface area contributed by atoms with E-state index in [1.54, 1.807) is 24.4 Å². The molecule has 1 aromatic rings. The van der Waals surface area contributed by atoms with E-state index in [2.05, 4.69) is 20.9 Å². The summed E-state index contributed by atoms with van der Waals surface area (Å²) in [6.07, 6.45) is 9.34. The number of anilines is 1. The van der Waals surface area contributed by atoms with Crippen LogP contribution in [-0.4, -0.2) is 36.8 Å². The van der Waals surface area contributed by atoms with Crippen molar-refractivity contribution in [1.29, 1.82) is 0 Å². The van der Waals surface area contributed by atoms with Crippen LogP contribution in [0.3, 0.4) is 0 Å². The van der Waals surface area contributed by atoms with E-state index in [0.717, 1.165) is 11.1 Å². The number of nitrogens with zero attached hydrogens (tertiary/aromatic N) is 1. The molecular weight excluding hydrogens is 404 g/mol. The number of allylic oxidation sites excluding steroid dienone is 2. The van der Waals surface area contributed by atoms with Crippen molar-refractivity contribution in [2.45, 2.75) is 53.8 Å². The molecule has 7 heteroatoms. The number of aliphatic imine (C=N–C) groups is 1. The van der Waals surface area contributed by atoms with E-state index in [1.807, 2.05) is 66.0 Å². The number of hydrogen-bond acceptors (Lipinski definition) is 5. The molecule has 1 aliphatic rings. The van der Waals surface area contributed by atoms with Gasteiger partial charge in [0.25, 0.3) is 5.91 Å². The molecular formula is C25H34N4O3. The Morgan fingerprint density at radius 1 is 1.28 bits per heavy atom. The largest absolute Gasteiger partial charge is 0.493 e. The maximum absolute atomic E-state index is 13.1. The van der Waals surface area contributed by atoms with Gasteiger partial charge < -0.3 is 20.7 Å². The van der Waals surface area contributed by atoms with Crippen molar-refractivity contribution in [2.24, 2.45) is 10.9 Å². The summed E-state index contributed by atoms with van der Waals surface area (Å²) in [4.78, 5) is 29.6. The van der Waals surface area contributed by atoms with E-state index in [9.17, 15) is 9.59 Å². The first-order valence-electron chi connectivity index (χ1n) is 10.9. The molecule has 0 spiro atoms. The highest BCUT2D eigenvalue weighted by molar-refractivity contribution is 6.00. The molecule has 2 amide bonds. The van der Waals surface area contributed by atoms with Crippen molar-refractivity contribution in [3.8, 4) is 5.75 Å². The molecule has 1 aliphatic heterocycles. The lowest BCUT2D eigenvalue weighted by Gasteiger charge is -2.20. The SMILES string of the molecule is C/C=C(\C=C(/C)C1N=CC=CN1)C(C)NC(=O)c1cc(NC(=O)C(C)C)ccc1OCC. The lowest BCUT2D eigenvalue weighted by Crippen LogP contribution is -2.34. The molecule has 1 heterocycles. The van der Waals surface area contributed by atoms with Gasteiger partial charge in [-0.15, -0.1) is 0 Å². The van der Waals surface area contributed by atoms with Crippen molar-refractivity contribution >= 4 is 23.7 Å². The minimum Gasteiger partial charge on any atom is -0.493 e. The molecule has 0 saturated heterocycles. The fraction of sp³-hybridized carbons (Fsp3) is 0.400. The maximum atomic E-state index is 13.1. The summed E-state index contributed by atoms with van der Waals surface area (Å²) >= 11 is 0. The van der Waals surface area contributed by atoms with E-state index >= 15 is 0 Å². The number of rotatable bonds is 9. The minimum atomic E-state index is -0.274. The van der Waals surface area contributed by atoms with Gasteiger partial charge in [-0.2, -0.15) is 0 Å². The van der Waals surface area contributed by atoms with Gasteiger partial charge in [-0.05, 0) is 69.3 Å². The number of ether oxygens (including phenoxy) is 1. The monoisotopic (exact) mass is 438 g/mol. The number of carbonyl (C=O) groups is 2. The Morgan fingerprint density at radius 2 is 2.03 bits per heavy atom. The zero-order valence-corrected chi connectivity index (χ0v) is 19.7. The fourth-order valence-electron chi connectivity index (χ4n) is 3.13. The predicted molar refractivity (Wildman–Crippen MR) is 130 cm³/mol. The third kappa shape index (κ3) is 6.83. The Bertz CT molecular complexity index is 945. The molecule has 3 N–H and O–H groups in total. The second kappa shape index (κ2) is 11.9. The van der Waals surface area contributed by atoms with E-state index in [-0.39, 0.29) is 29.9 Å². The van der Waals surface area contributed by atoms with Gasteiger partial charge in [0.15, 0.2) is 0 Å². The van der Waals surface area contributed by atoms with Crippen LogP contribution in [-0.2, 0) is 4.79 Å². The second-order valence-electron chi connectivity index (χ2n) is 7.89. The Hall–Kier alpha value is -3.35. The molecule has 0 radical (unpaired) electrons. The van der Waals surface area contributed by atoms with Crippen molar-refractivity contribution < 1.29 is 14.3 Å². The van der Waals surface area contributed by atoms with E-state index in [0.29, 0.717) is 23.6 Å². The molecule has 2 unspecified atom stereocenters. The summed E-state index contributed by atoms with van der Waals surface area (Å²) < 4.78 is 5.65. The molecule has 32 heavy (non-hydrogen) atoms. The average molecular weight is 439 g/mol. The summed E-state index contributed by atoms with van der Waals surface area (Å²) in [6, 6.07) is 4.85. The lowest BCUT2D eigenvalue weighted by atomic mass is 10.0. The van der Waals surface area contributed by atoms with Crippen molar-refractivity contribution in [3.63, 3.8) is 0 Å². The Morgan fingerprint density at radius 3 is 2.62 bits per heavy atom. The van der Waals surface area contributed by atoms with Gasteiger partial charge in [0.1, 0.15) is 11.9 Å². The first kappa shape index (κ1) is 24.9. The van der Waals surface area contributed by atoms with Crippen LogP contribution in [0, 0.1) is 5.92 Å². The third-order valence-electron chi connectivity index (χ3n) is 4.99. The van der Waals surface area contributed by atoms with Gasteiger partial charge in [-0.1, -0.05) is 26.0 Å². The number of hydrogen-bond donors (Lipinski definition) is 3. The van der Waals surface area contributed by atoms with Crippen LogP contribution in [0.5, 0.6) is 5.75 Å². The molecule has 1 aromatic carbocycles. The third-order valence-corrected chi connectivity index (χ3v) is 4.99. The summed E-state index contributed by atoms with van der Waals surface area (Å²) in [5, 5.41) is 9.07. The molecule has 172 valence electrons. The van der Waals surface area contributed by atoms with Crippen LogP contribution in [0.4, 0.5) is 5.69 Å². The second-order valence-corrected chi connectivity index (χ2v) is 7.89. The zero-order chi connectivity index (χ0) is 23.7. The Balaban J connectivity index is 2.20. The molecule has 0 aliphatic carbocycles. The smallest absolute Gasteiger partial charge is 0.255 e. The predicted octanol–water partition coefficient (Wildman–Crippen LogP) is 4.20. The number of nitrogens with one attached hydrogen (secondary N) is 3. The molecule has 0 saturated carbocycles. The quantitative estimate of drug-likeness (QED) is 0.504. The average Bonchev–Trinajstić information content (AvgIpc) is 2.78. The number of amides is 2. The van der Waals surface area contributed by atoms with Crippen LogP contribution >= 0.6 is 0 Å². The van der Waals surface area contributed by atoms with Crippen LogP contribution in [0.2, 0.25) is 0 Å². The van der Waals surface area contributed by atoms with E-state index in [4.69, 9.17) is 4.74 Å². The number of benzene rings is 1. The van der Waals surface area contributed by atoms with Gasteiger partial charge in [-0.3, -0.25) is 14.6 Å². The van der Waals surface area contributed by atoms with Crippen molar-refractivity contribution in [2.75, 3.05) is 11.9 Å². The first-order chi connectivity index (χ1) is 15.3. The van der Waals surface area contributed by atoms with Gasteiger partial charge >= 0.3 is 0 Å². The highest BCUT2D eigenvalue weighted by Crippen LogP contribution is 2.24. The van der Waals surface area contributed by atoms with E-state index in [1.165, 1.54) is 0 Å². The highest BCUT2D eigenvalue weighted by atomic mass is 16.5. The van der Waals surface area contributed by atoms with Gasteiger partial charge in [0.2, 0.25) is 5.91 Å². The van der Waals surface area contributed by atoms with Gasteiger partial charge in [0, 0.05) is 17.8 Å². The lowest BCUT2D eigenvalue weighted by molar-refractivity contribution is -0.118. The Labute approximate surface area is 190 Å². The van der Waals surface area contributed by atoms with Gasteiger partial charge in [-0.25, -0.2) is 0 Å². The fourth-order valence-corrected chi connectivity index (χ4v) is 3.13. The molecule has 0 bridgehead atoms. The maximum Gasteiger partial charge on any atom is 0.255 e. The normalized spacial score (nSPS) is 17.0. The summed E-state index contributed by atoms with van der Waals surface area (Å²) in [6.45, 7) is 11.8. The molecule has 7 nitrogen and oxygen atoms in total. The summed E-state index contributed by atoms with van der Waals surface area (Å²) in [5.41, 5.74) is 2.93. The highest BCUT2D eigenvalue weighted by Gasteiger charge is 2.19. The topological polar surface area (TPSA) is 91.8 Å². The molecule has 2 rings (SSSR count). The zero-order valence-electron chi connectivity index (χ0n) is 19.7. The van der Waals surface area contributed by atoms with Crippen molar-refractivity contribution in [3.05, 3.63) is 59.3 Å². The standard InChI is InChI=1S/C25H34N4O3/c1-7-19(14-17(5)23-26-12-9-13-27-23)18(6)28-25(31)21-15-20(29-24(30)16(3)4)10-11-22(21)32-8-2/h7,9-16,18,23,26H,8H2,1-6H3,(H,28,31)(H,29,30)/b17-14+,19-7+. The summed E-state index contributed by atoms with van der Waals surface area (Å²) in [5.74, 6) is -0.0751. The van der Waals surface area contributed by atoms with Crippen LogP contribution in [0.15, 0.2) is 58.8 Å². The minimum absolute atomic E-state index is 0.112. The van der Waals surface area contributed by atoms with Crippen LogP contribution in [0.1, 0.15) is 51.9 Å². The molecule has 2 atom stereocenters. The molecule has 0 fully saturated rings. The summed E-state index contributed by atoms with van der Waals surface area (Å²) in [7, 11) is 0. The van der Waals surface area contributed by atoms with E-state index < -0.39 is 0 Å². The van der Waals surface area contributed by atoms with Crippen molar-refractivity contribution in [1.82, 2.24) is 10.6 Å². The van der Waals surface area contributed by atoms with Crippen LogP contribution in [0.25, 0.3) is 0 Å². The first-order valence-corrected chi connectivity index (χ1v) is 10.9. The van der Waals surface area contributed by atoms with Crippen LogP contribution < -0.4 is 20.7 Å².